The van der Waals surface area contributed by atoms with Crippen LogP contribution in [-0.4, -0.2) is 0 Å². The van der Waals surface area contributed by atoms with Gasteiger partial charge in [0.25, 0.3) is 0 Å². The smallest absolute Gasteiger partial charge is 0.0175 e. The molecule has 1 fully saturated rings. The molecule has 0 nitrogen and oxygen atoms in total. The summed E-state index contributed by atoms with van der Waals surface area (Å²) in [5.74, 6) is 0.971. The number of hydrogen-bond acceptors (Lipinski definition) is 0. The minimum absolute atomic E-state index is 0.971. The standard InChI is InChI=1S/C17H20/c1-13-6-7-15(10-13)11-17-12-16(17)9-8-14-4-2-3-5-14/h6-7,9-12,14H,2-5,8H2,1H3/b15-11-,16-9-. The van der Waals surface area contributed by atoms with Crippen LogP contribution in [-0.2, 0) is 0 Å². The van der Waals surface area contributed by atoms with E-state index in [0.29, 0.717) is 0 Å². The third-order valence-electron chi connectivity index (χ3n) is 3.96. The Morgan fingerprint density at radius 2 is 2.00 bits per heavy atom. The molecule has 1 saturated carbocycles. The molecule has 17 heavy (non-hydrogen) atoms. The Morgan fingerprint density at radius 3 is 2.71 bits per heavy atom. The lowest BCUT2D eigenvalue weighted by Crippen LogP contribution is -1.88. The molecule has 0 aliphatic heterocycles. The van der Waals surface area contributed by atoms with Gasteiger partial charge in [-0.15, -0.1) is 0 Å². The van der Waals surface area contributed by atoms with E-state index in [1.807, 2.05) is 0 Å². The van der Waals surface area contributed by atoms with Crippen molar-refractivity contribution in [3.63, 3.8) is 0 Å². The largest absolute Gasteiger partial charge is 0.0764 e. The van der Waals surface area contributed by atoms with E-state index < -0.39 is 0 Å². The molecule has 0 unspecified atom stereocenters. The maximum absolute atomic E-state index is 2.44. The highest BCUT2D eigenvalue weighted by Gasteiger charge is 2.17. The van der Waals surface area contributed by atoms with E-state index in [4.69, 9.17) is 0 Å². The topological polar surface area (TPSA) is 0 Å². The highest BCUT2D eigenvalue weighted by Crippen LogP contribution is 2.34. The molecule has 0 saturated heterocycles. The zero-order chi connectivity index (χ0) is 11.7. The van der Waals surface area contributed by atoms with E-state index in [-0.39, 0.29) is 0 Å². The normalized spacial score (nSPS) is 28.1. The molecule has 0 heteroatoms. The van der Waals surface area contributed by atoms with E-state index in [1.54, 1.807) is 0 Å². The molecule has 3 aliphatic carbocycles. The zero-order valence-corrected chi connectivity index (χ0v) is 10.6. The summed E-state index contributed by atoms with van der Waals surface area (Å²) in [4.78, 5) is 0. The summed E-state index contributed by atoms with van der Waals surface area (Å²) < 4.78 is 0. The van der Waals surface area contributed by atoms with Crippen molar-refractivity contribution in [1.29, 1.82) is 0 Å². The minimum Gasteiger partial charge on any atom is -0.0764 e. The fourth-order valence-corrected chi connectivity index (χ4v) is 2.83. The molecule has 0 aromatic carbocycles. The summed E-state index contributed by atoms with van der Waals surface area (Å²) >= 11 is 0. The van der Waals surface area contributed by atoms with Crippen molar-refractivity contribution in [1.82, 2.24) is 0 Å². The van der Waals surface area contributed by atoms with Crippen LogP contribution in [0.15, 0.2) is 58.7 Å². The highest BCUT2D eigenvalue weighted by atomic mass is 14.2. The molecular formula is C17H20. The SMILES string of the molecule is CC1=C/C(=C\C2=CC/2=C/CC2CCCC2)C=C1. The first-order valence-corrected chi connectivity index (χ1v) is 6.81. The van der Waals surface area contributed by atoms with Crippen molar-refractivity contribution < 1.29 is 0 Å². The number of hydrogen-bond donors (Lipinski definition) is 0. The van der Waals surface area contributed by atoms with Gasteiger partial charge in [0.2, 0.25) is 0 Å². The van der Waals surface area contributed by atoms with Gasteiger partial charge in [-0.2, -0.15) is 0 Å². The Labute approximate surface area is 104 Å². The predicted octanol–water partition coefficient (Wildman–Crippen LogP) is 4.88. The first-order chi connectivity index (χ1) is 8.31. The fourth-order valence-electron chi connectivity index (χ4n) is 2.83. The van der Waals surface area contributed by atoms with Gasteiger partial charge in [-0.05, 0) is 48.1 Å². The van der Waals surface area contributed by atoms with Gasteiger partial charge in [0.1, 0.15) is 0 Å². The van der Waals surface area contributed by atoms with Crippen molar-refractivity contribution in [3.8, 4) is 0 Å². The Kier molecular flexibility index (Phi) is 2.88. The summed E-state index contributed by atoms with van der Waals surface area (Å²) in [6.07, 6.45) is 20.8. The molecule has 0 heterocycles. The minimum atomic E-state index is 0.971. The average molecular weight is 224 g/mol. The lowest BCUT2D eigenvalue weighted by atomic mass is 10.0. The summed E-state index contributed by atoms with van der Waals surface area (Å²) in [6.45, 7) is 2.15. The Morgan fingerprint density at radius 1 is 1.18 bits per heavy atom. The van der Waals surface area contributed by atoms with Crippen LogP contribution in [0, 0.1) is 5.92 Å². The molecule has 88 valence electrons. The van der Waals surface area contributed by atoms with E-state index in [0.717, 1.165) is 5.92 Å². The summed E-state index contributed by atoms with van der Waals surface area (Å²) in [6, 6.07) is 0. The first kappa shape index (κ1) is 10.8. The van der Waals surface area contributed by atoms with Gasteiger partial charge in [-0.1, -0.05) is 55.6 Å². The van der Waals surface area contributed by atoms with Crippen LogP contribution in [0.4, 0.5) is 0 Å². The molecule has 0 amide bonds. The van der Waals surface area contributed by atoms with E-state index in [9.17, 15) is 0 Å². The molecule has 3 rings (SSSR count). The molecule has 0 bridgehead atoms. The quantitative estimate of drug-likeness (QED) is 0.641. The monoisotopic (exact) mass is 224 g/mol. The summed E-state index contributed by atoms with van der Waals surface area (Å²) in [5, 5.41) is 0. The maximum atomic E-state index is 2.44. The van der Waals surface area contributed by atoms with Gasteiger partial charge < -0.3 is 0 Å². The van der Waals surface area contributed by atoms with Crippen LogP contribution < -0.4 is 0 Å². The van der Waals surface area contributed by atoms with Gasteiger partial charge in [-0.3, -0.25) is 0 Å². The van der Waals surface area contributed by atoms with Gasteiger partial charge >= 0.3 is 0 Å². The second-order valence-corrected chi connectivity index (χ2v) is 5.51. The number of rotatable bonds is 3. The predicted molar refractivity (Wildman–Crippen MR) is 73.7 cm³/mol. The Bertz CT molecular complexity index is 460. The van der Waals surface area contributed by atoms with Gasteiger partial charge in [0.05, 0.1) is 0 Å². The van der Waals surface area contributed by atoms with Crippen molar-refractivity contribution in [2.45, 2.75) is 39.0 Å². The molecule has 0 N–H and O–H groups in total. The third-order valence-corrected chi connectivity index (χ3v) is 3.96. The summed E-state index contributed by atoms with van der Waals surface area (Å²) in [7, 11) is 0. The van der Waals surface area contributed by atoms with Crippen LogP contribution in [0.3, 0.4) is 0 Å². The van der Waals surface area contributed by atoms with Crippen LogP contribution in [0.5, 0.6) is 0 Å². The highest BCUT2D eigenvalue weighted by molar-refractivity contribution is 5.66. The van der Waals surface area contributed by atoms with Crippen LogP contribution in [0.25, 0.3) is 0 Å². The first-order valence-electron chi connectivity index (χ1n) is 6.81. The molecule has 0 spiro atoms. The van der Waals surface area contributed by atoms with E-state index >= 15 is 0 Å². The lowest BCUT2D eigenvalue weighted by molar-refractivity contribution is 0.558. The molecule has 0 radical (unpaired) electrons. The van der Waals surface area contributed by atoms with Gasteiger partial charge in [-0.25, -0.2) is 0 Å². The van der Waals surface area contributed by atoms with E-state index in [2.05, 4.69) is 43.4 Å². The second kappa shape index (κ2) is 4.52. The molecular weight excluding hydrogens is 204 g/mol. The van der Waals surface area contributed by atoms with Crippen LogP contribution in [0.1, 0.15) is 39.0 Å². The summed E-state index contributed by atoms with van der Waals surface area (Å²) in [5.41, 5.74) is 5.62. The van der Waals surface area contributed by atoms with Gasteiger partial charge in [0, 0.05) is 0 Å². The fraction of sp³-hybridized carbons (Fsp3) is 0.412. The molecule has 0 aromatic rings. The van der Waals surface area contributed by atoms with Crippen molar-refractivity contribution in [2.75, 3.05) is 0 Å². The second-order valence-electron chi connectivity index (χ2n) is 5.51. The van der Waals surface area contributed by atoms with Crippen LogP contribution in [0.2, 0.25) is 0 Å². The lowest BCUT2D eigenvalue weighted by Gasteiger charge is -2.02. The molecule has 0 aromatic heterocycles. The van der Waals surface area contributed by atoms with Crippen LogP contribution >= 0.6 is 0 Å². The maximum Gasteiger partial charge on any atom is -0.0175 e. The van der Waals surface area contributed by atoms with Crippen molar-refractivity contribution in [3.05, 3.63) is 58.7 Å². The zero-order valence-electron chi connectivity index (χ0n) is 10.6. The van der Waals surface area contributed by atoms with Gasteiger partial charge in [0.15, 0.2) is 0 Å². The molecule has 3 aliphatic rings. The Hall–Kier alpha value is -1.30. The van der Waals surface area contributed by atoms with Crippen molar-refractivity contribution in [2.24, 2.45) is 5.92 Å². The number of allylic oxidation sites excluding steroid dienone is 10. The van der Waals surface area contributed by atoms with E-state index in [1.165, 1.54) is 54.4 Å². The average Bonchev–Trinajstić information content (AvgIpc) is 2.74. The Balaban J connectivity index is 1.54. The van der Waals surface area contributed by atoms with Crippen molar-refractivity contribution >= 4 is 0 Å². The third kappa shape index (κ3) is 2.69. The molecule has 0 atom stereocenters.